The fraction of sp³-hybridized carbons (Fsp3) is 0.0667. The molecule has 5 heteroatoms. The Labute approximate surface area is 118 Å². The SMILES string of the molecule is C=CC(c1ccccc1)c1cc(N)ccc1S(=O)(=O)O. The molecule has 0 aliphatic rings. The van der Waals surface area contributed by atoms with Gasteiger partial charge in [0.15, 0.2) is 0 Å². The predicted molar refractivity (Wildman–Crippen MR) is 79.2 cm³/mol. The van der Waals surface area contributed by atoms with Crippen molar-refractivity contribution in [1.82, 2.24) is 0 Å². The molecule has 4 nitrogen and oxygen atoms in total. The molecule has 2 aromatic carbocycles. The topological polar surface area (TPSA) is 80.4 Å². The minimum absolute atomic E-state index is 0.152. The third-order valence-electron chi connectivity index (χ3n) is 3.04. The summed E-state index contributed by atoms with van der Waals surface area (Å²) in [5, 5.41) is 0. The summed E-state index contributed by atoms with van der Waals surface area (Å²) in [5.41, 5.74) is 7.44. The Morgan fingerprint density at radius 2 is 1.80 bits per heavy atom. The second-order valence-electron chi connectivity index (χ2n) is 4.40. The molecular weight excluding hydrogens is 274 g/mol. The van der Waals surface area contributed by atoms with Crippen LogP contribution in [-0.4, -0.2) is 13.0 Å². The van der Waals surface area contributed by atoms with Crippen LogP contribution in [0.4, 0.5) is 5.69 Å². The summed E-state index contributed by atoms with van der Waals surface area (Å²) in [5.74, 6) is -0.364. The molecule has 20 heavy (non-hydrogen) atoms. The van der Waals surface area contributed by atoms with Gasteiger partial charge >= 0.3 is 0 Å². The Kier molecular flexibility index (Phi) is 3.92. The van der Waals surface area contributed by atoms with Gasteiger partial charge in [-0.15, -0.1) is 6.58 Å². The van der Waals surface area contributed by atoms with Crippen LogP contribution in [0.25, 0.3) is 0 Å². The average Bonchev–Trinajstić information content (AvgIpc) is 2.39. The smallest absolute Gasteiger partial charge is 0.294 e. The van der Waals surface area contributed by atoms with E-state index in [1.165, 1.54) is 12.1 Å². The number of rotatable bonds is 4. The average molecular weight is 289 g/mol. The Balaban J connectivity index is 2.66. The number of nitrogen functional groups attached to an aromatic ring is 1. The van der Waals surface area contributed by atoms with Crippen molar-refractivity contribution in [1.29, 1.82) is 0 Å². The van der Waals surface area contributed by atoms with Crippen LogP contribution in [0.2, 0.25) is 0 Å². The highest BCUT2D eigenvalue weighted by atomic mass is 32.2. The molecular formula is C15H15NO3S. The van der Waals surface area contributed by atoms with Crippen LogP contribution in [-0.2, 0) is 10.1 Å². The molecule has 0 radical (unpaired) electrons. The minimum Gasteiger partial charge on any atom is -0.399 e. The molecule has 0 aliphatic carbocycles. The van der Waals surface area contributed by atoms with Gasteiger partial charge in [0, 0.05) is 11.6 Å². The van der Waals surface area contributed by atoms with E-state index in [0.29, 0.717) is 11.3 Å². The predicted octanol–water partition coefficient (Wildman–Crippen LogP) is 2.83. The normalized spacial score (nSPS) is 12.8. The van der Waals surface area contributed by atoms with Crippen LogP contribution in [0.1, 0.15) is 17.0 Å². The zero-order valence-electron chi connectivity index (χ0n) is 10.7. The van der Waals surface area contributed by atoms with E-state index >= 15 is 0 Å². The number of anilines is 1. The van der Waals surface area contributed by atoms with Crippen molar-refractivity contribution in [2.24, 2.45) is 0 Å². The van der Waals surface area contributed by atoms with Crippen molar-refractivity contribution in [2.45, 2.75) is 10.8 Å². The maximum Gasteiger partial charge on any atom is 0.294 e. The highest BCUT2D eigenvalue weighted by Crippen LogP contribution is 2.32. The number of hydrogen-bond donors (Lipinski definition) is 2. The van der Waals surface area contributed by atoms with Crippen LogP contribution in [0.15, 0.2) is 66.1 Å². The summed E-state index contributed by atoms with van der Waals surface area (Å²) in [6.07, 6.45) is 1.62. The van der Waals surface area contributed by atoms with Crippen LogP contribution < -0.4 is 5.73 Å². The van der Waals surface area contributed by atoms with Crippen molar-refractivity contribution in [3.63, 3.8) is 0 Å². The largest absolute Gasteiger partial charge is 0.399 e. The van der Waals surface area contributed by atoms with E-state index in [4.69, 9.17) is 5.73 Å². The summed E-state index contributed by atoms with van der Waals surface area (Å²) in [7, 11) is -4.32. The van der Waals surface area contributed by atoms with Crippen LogP contribution in [0.5, 0.6) is 0 Å². The third kappa shape index (κ3) is 2.89. The minimum atomic E-state index is -4.32. The first kappa shape index (κ1) is 14.3. The summed E-state index contributed by atoms with van der Waals surface area (Å²) in [4.78, 5) is -0.152. The summed E-state index contributed by atoms with van der Waals surface area (Å²) >= 11 is 0. The molecule has 0 aromatic heterocycles. The van der Waals surface area contributed by atoms with Crippen molar-refractivity contribution in [3.05, 3.63) is 72.3 Å². The zero-order valence-corrected chi connectivity index (χ0v) is 11.5. The van der Waals surface area contributed by atoms with Gasteiger partial charge in [-0.1, -0.05) is 36.4 Å². The van der Waals surface area contributed by atoms with Gasteiger partial charge in [0.2, 0.25) is 0 Å². The quantitative estimate of drug-likeness (QED) is 0.515. The van der Waals surface area contributed by atoms with E-state index in [1.54, 1.807) is 12.1 Å². The van der Waals surface area contributed by atoms with Crippen molar-refractivity contribution in [3.8, 4) is 0 Å². The lowest BCUT2D eigenvalue weighted by Crippen LogP contribution is -2.08. The monoisotopic (exact) mass is 289 g/mol. The van der Waals surface area contributed by atoms with E-state index in [0.717, 1.165) is 5.56 Å². The molecule has 0 spiro atoms. The Hall–Kier alpha value is -2.11. The third-order valence-corrected chi connectivity index (χ3v) is 3.97. The molecule has 2 rings (SSSR count). The molecule has 0 fully saturated rings. The molecule has 0 saturated carbocycles. The summed E-state index contributed by atoms with van der Waals surface area (Å²) in [6.45, 7) is 3.75. The molecule has 104 valence electrons. The lowest BCUT2D eigenvalue weighted by Gasteiger charge is -2.17. The van der Waals surface area contributed by atoms with E-state index in [2.05, 4.69) is 6.58 Å². The zero-order chi connectivity index (χ0) is 14.8. The van der Waals surface area contributed by atoms with Gasteiger partial charge in [-0.2, -0.15) is 8.42 Å². The number of hydrogen-bond acceptors (Lipinski definition) is 3. The van der Waals surface area contributed by atoms with E-state index in [1.807, 2.05) is 30.3 Å². The van der Waals surface area contributed by atoms with E-state index in [9.17, 15) is 13.0 Å². The summed E-state index contributed by atoms with van der Waals surface area (Å²) < 4.78 is 32.3. The van der Waals surface area contributed by atoms with Crippen molar-refractivity contribution >= 4 is 15.8 Å². The number of benzene rings is 2. The van der Waals surface area contributed by atoms with Gasteiger partial charge in [0.05, 0.1) is 4.90 Å². The molecule has 0 amide bonds. The molecule has 1 atom stereocenters. The second-order valence-corrected chi connectivity index (χ2v) is 5.79. The molecule has 0 heterocycles. The molecule has 0 saturated heterocycles. The molecule has 2 aromatic rings. The van der Waals surface area contributed by atoms with Gasteiger partial charge in [-0.05, 0) is 29.3 Å². The van der Waals surface area contributed by atoms with Crippen molar-refractivity contribution < 1.29 is 13.0 Å². The molecule has 1 unspecified atom stereocenters. The maximum atomic E-state index is 11.5. The van der Waals surface area contributed by atoms with Gasteiger partial charge in [0.1, 0.15) is 0 Å². The fourth-order valence-corrected chi connectivity index (χ4v) is 2.87. The first-order valence-electron chi connectivity index (χ1n) is 5.98. The molecule has 0 bridgehead atoms. The van der Waals surface area contributed by atoms with E-state index < -0.39 is 10.1 Å². The van der Waals surface area contributed by atoms with Crippen LogP contribution in [0, 0.1) is 0 Å². The van der Waals surface area contributed by atoms with Crippen LogP contribution in [0.3, 0.4) is 0 Å². The van der Waals surface area contributed by atoms with Gasteiger partial charge in [-0.25, -0.2) is 0 Å². The lowest BCUT2D eigenvalue weighted by atomic mass is 9.91. The van der Waals surface area contributed by atoms with Crippen molar-refractivity contribution in [2.75, 3.05) is 5.73 Å². The summed E-state index contributed by atoms with van der Waals surface area (Å²) in [6, 6.07) is 13.6. The van der Waals surface area contributed by atoms with Gasteiger partial charge in [0.25, 0.3) is 10.1 Å². The highest BCUT2D eigenvalue weighted by Gasteiger charge is 2.21. The highest BCUT2D eigenvalue weighted by molar-refractivity contribution is 7.85. The Morgan fingerprint density at radius 1 is 1.15 bits per heavy atom. The number of allylic oxidation sites excluding steroid dienone is 1. The van der Waals surface area contributed by atoms with E-state index in [-0.39, 0.29) is 10.8 Å². The lowest BCUT2D eigenvalue weighted by molar-refractivity contribution is 0.482. The second kappa shape index (κ2) is 5.48. The van der Waals surface area contributed by atoms with Crippen LogP contribution >= 0.6 is 0 Å². The van der Waals surface area contributed by atoms with Gasteiger partial charge < -0.3 is 5.73 Å². The Morgan fingerprint density at radius 3 is 2.35 bits per heavy atom. The molecule has 0 aliphatic heterocycles. The van der Waals surface area contributed by atoms with Gasteiger partial charge in [-0.3, -0.25) is 4.55 Å². The first-order chi connectivity index (χ1) is 9.43. The standard InChI is InChI=1S/C15H15NO3S/c1-2-13(11-6-4-3-5-7-11)14-10-12(16)8-9-15(14)20(17,18)19/h2-10,13H,1,16H2,(H,17,18,19). The molecule has 3 N–H and O–H groups in total. The maximum absolute atomic E-state index is 11.5. The fourth-order valence-electron chi connectivity index (χ4n) is 2.15. The first-order valence-corrected chi connectivity index (χ1v) is 7.42. The number of nitrogens with two attached hydrogens (primary N) is 1. The Bertz CT molecular complexity index is 724.